The highest BCUT2D eigenvalue weighted by atomic mass is 35.5. The molecule has 78 valence electrons. The van der Waals surface area contributed by atoms with Crippen LogP contribution in [0.5, 0.6) is 0 Å². The van der Waals surface area contributed by atoms with Gasteiger partial charge in [0.2, 0.25) is 0 Å². The van der Waals surface area contributed by atoms with Crippen molar-refractivity contribution in [2.24, 2.45) is 0 Å². The number of alkyl halides is 1. The van der Waals surface area contributed by atoms with Gasteiger partial charge in [-0.2, -0.15) is 0 Å². The van der Waals surface area contributed by atoms with Crippen LogP contribution in [0.25, 0.3) is 11.3 Å². The fraction of sp³-hybridized carbons (Fsp3) is 0.250. The van der Waals surface area contributed by atoms with Crippen LogP contribution in [0.2, 0.25) is 0 Å². The van der Waals surface area contributed by atoms with Crippen LogP contribution in [-0.4, -0.2) is 5.16 Å². The van der Waals surface area contributed by atoms with E-state index in [-0.39, 0.29) is 0 Å². The summed E-state index contributed by atoms with van der Waals surface area (Å²) in [7, 11) is 0. The van der Waals surface area contributed by atoms with E-state index in [2.05, 4.69) is 37.2 Å². The summed E-state index contributed by atoms with van der Waals surface area (Å²) in [6, 6.07) is 6.24. The van der Waals surface area contributed by atoms with Crippen LogP contribution in [0.3, 0.4) is 0 Å². The molecule has 2 aromatic rings. The maximum Gasteiger partial charge on any atom is 0.171 e. The topological polar surface area (TPSA) is 26.0 Å². The van der Waals surface area contributed by atoms with Gasteiger partial charge in [0.1, 0.15) is 0 Å². The van der Waals surface area contributed by atoms with Crippen LogP contribution in [0.15, 0.2) is 28.9 Å². The van der Waals surface area contributed by atoms with Crippen molar-refractivity contribution in [3.05, 3.63) is 41.1 Å². The van der Waals surface area contributed by atoms with E-state index >= 15 is 0 Å². The lowest BCUT2D eigenvalue weighted by Crippen LogP contribution is -1.86. The average molecular weight is 222 g/mol. The van der Waals surface area contributed by atoms with E-state index in [1.165, 1.54) is 11.1 Å². The fourth-order valence-electron chi connectivity index (χ4n) is 1.56. The summed E-state index contributed by atoms with van der Waals surface area (Å²) in [4.78, 5) is 0. The first-order chi connectivity index (χ1) is 7.22. The van der Waals surface area contributed by atoms with Gasteiger partial charge in [-0.1, -0.05) is 22.9 Å². The molecular formula is C12H12ClNO. The van der Waals surface area contributed by atoms with Crippen LogP contribution < -0.4 is 0 Å². The minimum absolute atomic E-state index is 0.423. The van der Waals surface area contributed by atoms with Crippen molar-refractivity contribution in [2.45, 2.75) is 19.7 Å². The van der Waals surface area contributed by atoms with Gasteiger partial charge in [-0.15, -0.1) is 11.6 Å². The third-order valence-corrected chi connectivity index (χ3v) is 2.71. The van der Waals surface area contributed by atoms with Gasteiger partial charge in [0.25, 0.3) is 0 Å². The number of aryl methyl sites for hydroxylation is 2. The molecule has 15 heavy (non-hydrogen) atoms. The van der Waals surface area contributed by atoms with Crippen molar-refractivity contribution < 1.29 is 4.52 Å². The highest BCUT2D eigenvalue weighted by Crippen LogP contribution is 2.28. The van der Waals surface area contributed by atoms with E-state index in [9.17, 15) is 0 Å². The van der Waals surface area contributed by atoms with Crippen molar-refractivity contribution in [1.29, 1.82) is 0 Å². The molecule has 0 saturated heterocycles. The third kappa shape index (κ3) is 1.90. The van der Waals surface area contributed by atoms with Gasteiger partial charge < -0.3 is 4.52 Å². The Bertz CT molecular complexity index is 476. The summed E-state index contributed by atoms with van der Waals surface area (Å²) in [6.07, 6.45) is 1.67. The van der Waals surface area contributed by atoms with E-state index in [0.29, 0.717) is 5.88 Å². The van der Waals surface area contributed by atoms with Gasteiger partial charge in [0, 0.05) is 11.1 Å². The van der Waals surface area contributed by atoms with Crippen LogP contribution >= 0.6 is 11.6 Å². The summed E-state index contributed by atoms with van der Waals surface area (Å²) in [5, 5.41) is 3.78. The first-order valence-electron chi connectivity index (χ1n) is 4.79. The lowest BCUT2D eigenvalue weighted by molar-refractivity contribution is 0.431. The van der Waals surface area contributed by atoms with E-state index in [4.69, 9.17) is 16.1 Å². The molecule has 0 fully saturated rings. The van der Waals surface area contributed by atoms with Crippen molar-refractivity contribution in [3.8, 4) is 11.3 Å². The number of hydrogen-bond donors (Lipinski definition) is 0. The molecule has 0 bridgehead atoms. The molecule has 0 unspecified atom stereocenters. The second kappa shape index (κ2) is 4.07. The lowest BCUT2D eigenvalue weighted by atomic mass is 10.0. The van der Waals surface area contributed by atoms with E-state index < -0.39 is 0 Å². The van der Waals surface area contributed by atoms with Crippen molar-refractivity contribution in [3.63, 3.8) is 0 Å². The number of hydrogen-bond acceptors (Lipinski definition) is 2. The molecule has 0 aliphatic rings. The van der Waals surface area contributed by atoms with Crippen LogP contribution in [0, 0.1) is 13.8 Å². The maximum absolute atomic E-state index is 5.82. The quantitative estimate of drug-likeness (QED) is 0.723. The molecule has 2 nitrogen and oxygen atoms in total. The first-order valence-corrected chi connectivity index (χ1v) is 5.33. The van der Waals surface area contributed by atoms with Gasteiger partial charge in [-0.25, -0.2) is 0 Å². The zero-order chi connectivity index (χ0) is 10.8. The highest BCUT2D eigenvalue weighted by Gasteiger charge is 2.11. The SMILES string of the molecule is Cc1ccc(C)c(-c2oncc2CCl)c1. The first kappa shape index (κ1) is 10.2. The Morgan fingerprint density at radius 2 is 2.13 bits per heavy atom. The normalized spacial score (nSPS) is 10.6. The van der Waals surface area contributed by atoms with Gasteiger partial charge in [-0.3, -0.25) is 0 Å². The Labute approximate surface area is 93.9 Å². The number of benzene rings is 1. The summed E-state index contributed by atoms with van der Waals surface area (Å²) in [5.41, 5.74) is 4.38. The molecule has 0 aliphatic heterocycles. The smallest absolute Gasteiger partial charge is 0.171 e. The maximum atomic E-state index is 5.82. The zero-order valence-corrected chi connectivity index (χ0v) is 9.51. The van der Waals surface area contributed by atoms with Crippen LogP contribution in [-0.2, 0) is 5.88 Å². The Kier molecular flexibility index (Phi) is 2.78. The Hall–Kier alpha value is -1.28. The van der Waals surface area contributed by atoms with E-state index in [1.54, 1.807) is 6.20 Å². The molecule has 1 aromatic carbocycles. The Morgan fingerprint density at radius 1 is 1.33 bits per heavy atom. The number of rotatable bonds is 2. The number of halogens is 1. The predicted molar refractivity (Wildman–Crippen MR) is 61.0 cm³/mol. The predicted octanol–water partition coefficient (Wildman–Crippen LogP) is 3.70. The van der Waals surface area contributed by atoms with Crippen LogP contribution in [0.1, 0.15) is 16.7 Å². The number of aromatic nitrogens is 1. The molecule has 3 heteroatoms. The molecule has 0 atom stereocenters. The molecule has 0 saturated carbocycles. The van der Waals surface area contributed by atoms with Crippen molar-refractivity contribution in [2.75, 3.05) is 0 Å². The second-order valence-corrected chi connectivity index (χ2v) is 3.90. The van der Waals surface area contributed by atoms with Gasteiger partial charge in [0.05, 0.1) is 12.1 Å². The molecule has 1 heterocycles. The van der Waals surface area contributed by atoms with Gasteiger partial charge in [-0.05, 0) is 25.5 Å². The summed E-state index contributed by atoms with van der Waals surface area (Å²) in [6.45, 7) is 4.11. The zero-order valence-electron chi connectivity index (χ0n) is 8.75. The van der Waals surface area contributed by atoms with E-state index in [0.717, 1.165) is 16.9 Å². The fourth-order valence-corrected chi connectivity index (χ4v) is 1.75. The largest absolute Gasteiger partial charge is 0.356 e. The molecule has 1 aromatic heterocycles. The van der Waals surface area contributed by atoms with Crippen molar-refractivity contribution in [1.82, 2.24) is 5.16 Å². The average Bonchev–Trinajstić information content (AvgIpc) is 2.69. The summed E-state index contributed by atoms with van der Waals surface area (Å²) in [5.74, 6) is 1.21. The minimum atomic E-state index is 0.423. The highest BCUT2D eigenvalue weighted by molar-refractivity contribution is 6.17. The molecule has 2 rings (SSSR count). The molecule has 0 N–H and O–H groups in total. The van der Waals surface area contributed by atoms with Crippen molar-refractivity contribution >= 4 is 11.6 Å². The minimum Gasteiger partial charge on any atom is -0.356 e. The van der Waals surface area contributed by atoms with Gasteiger partial charge >= 0.3 is 0 Å². The monoisotopic (exact) mass is 221 g/mol. The number of nitrogens with zero attached hydrogens (tertiary/aromatic N) is 1. The molecule has 0 radical (unpaired) electrons. The summed E-state index contributed by atoms with van der Waals surface area (Å²) >= 11 is 5.82. The third-order valence-electron chi connectivity index (χ3n) is 2.43. The standard InChI is InChI=1S/C12H12ClNO/c1-8-3-4-9(2)11(5-8)12-10(6-13)7-14-15-12/h3-5,7H,6H2,1-2H3. The molecule has 0 aliphatic carbocycles. The molecule has 0 amide bonds. The molecule has 0 spiro atoms. The Balaban J connectivity index is 2.58. The Morgan fingerprint density at radius 3 is 2.87 bits per heavy atom. The van der Waals surface area contributed by atoms with Crippen LogP contribution in [0.4, 0.5) is 0 Å². The van der Waals surface area contributed by atoms with Gasteiger partial charge in [0.15, 0.2) is 5.76 Å². The molecular weight excluding hydrogens is 210 g/mol. The van der Waals surface area contributed by atoms with E-state index in [1.807, 2.05) is 0 Å². The lowest BCUT2D eigenvalue weighted by Gasteiger charge is -2.04. The summed E-state index contributed by atoms with van der Waals surface area (Å²) < 4.78 is 5.24. The second-order valence-electron chi connectivity index (χ2n) is 3.63.